The Hall–Kier alpha value is -1.06. The van der Waals surface area contributed by atoms with Crippen molar-refractivity contribution >= 4 is 0 Å². The van der Waals surface area contributed by atoms with Crippen LogP contribution in [-0.2, 0) is 0 Å². The first-order valence-corrected chi connectivity index (χ1v) is 6.64. The lowest BCUT2D eigenvalue weighted by Gasteiger charge is -2.49. The molecule has 1 saturated heterocycles. The Bertz CT molecular complexity index is 380. The van der Waals surface area contributed by atoms with Crippen molar-refractivity contribution in [3.63, 3.8) is 0 Å². The van der Waals surface area contributed by atoms with Gasteiger partial charge in [-0.05, 0) is 25.0 Å². The first-order chi connectivity index (χ1) is 8.49. The lowest BCUT2D eigenvalue weighted by Crippen LogP contribution is -2.64. The summed E-state index contributed by atoms with van der Waals surface area (Å²) < 4.78 is 5.67. The first-order valence-electron chi connectivity index (χ1n) is 6.64. The van der Waals surface area contributed by atoms with Gasteiger partial charge in [-0.25, -0.2) is 0 Å². The molecule has 18 heavy (non-hydrogen) atoms. The molecule has 0 radical (unpaired) electrons. The van der Waals surface area contributed by atoms with Crippen LogP contribution in [0.25, 0.3) is 0 Å². The Labute approximate surface area is 109 Å². The standard InChI is InChI=1S/C15H23NO2/c1-12(2)15(17)10-16(11-15)8-9-18-14-6-4-13(3)5-7-14/h4-7,12,17H,8-11H2,1-3H3. The van der Waals surface area contributed by atoms with Crippen LogP contribution in [0.15, 0.2) is 24.3 Å². The molecule has 0 bridgehead atoms. The molecule has 3 nitrogen and oxygen atoms in total. The van der Waals surface area contributed by atoms with E-state index in [0.717, 1.165) is 25.4 Å². The van der Waals surface area contributed by atoms with Crippen molar-refractivity contribution < 1.29 is 9.84 Å². The highest BCUT2D eigenvalue weighted by Gasteiger charge is 2.43. The van der Waals surface area contributed by atoms with E-state index in [1.807, 2.05) is 12.1 Å². The molecule has 0 aliphatic carbocycles. The van der Waals surface area contributed by atoms with Crippen molar-refractivity contribution in [2.24, 2.45) is 5.92 Å². The Morgan fingerprint density at radius 2 is 1.89 bits per heavy atom. The number of aryl methyl sites for hydroxylation is 1. The quantitative estimate of drug-likeness (QED) is 0.867. The number of hydrogen-bond donors (Lipinski definition) is 1. The van der Waals surface area contributed by atoms with E-state index in [4.69, 9.17) is 4.74 Å². The van der Waals surface area contributed by atoms with Gasteiger partial charge < -0.3 is 9.84 Å². The summed E-state index contributed by atoms with van der Waals surface area (Å²) in [7, 11) is 0. The molecule has 1 heterocycles. The minimum Gasteiger partial charge on any atom is -0.492 e. The third-order valence-corrected chi connectivity index (χ3v) is 3.77. The lowest BCUT2D eigenvalue weighted by atomic mass is 9.83. The van der Waals surface area contributed by atoms with Gasteiger partial charge in [0.15, 0.2) is 0 Å². The van der Waals surface area contributed by atoms with Crippen molar-refractivity contribution in [3.8, 4) is 5.75 Å². The van der Waals surface area contributed by atoms with Crippen molar-refractivity contribution in [2.45, 2.75) is 26.4 Å². The lowest BCUT2D eigenvalue weighted by molar-refractivity contribution is -0.129. The van der Waals surface area contributed by atoms with Crippen LogP contribution >= 0.6 is 0 Å². The van der Waals surface area contributed by atoms with E-state index in [0.29, 0.717) is 12.5 Å². The van der Waals surface area contributed by atoms with Crippen LogP contribution in [0.5, 0.6) is 5.75 Å². The van der Waals surface area contributed by atoms with Crippen LogP contribution in [0.2, 0.25) is 0 Å². The molecule has 1 N–H and O–H groups in total. The largest absolute Gasteiger partial charge is 0.492 e. The summed E-state index contributed by atoms with van der Waals surface area (Å²) in [6.45, 7) is 9.29. The molecule has 0 aromatic heterocycles. The summed E-state index contributed by atoms with van der Waals surface area (Å²) in [6, 6.07) is 8.10. The highest BCUT2D eigenvalue weighted by atomic mass is 16.5. The number of aliphatic hydroxyl groups is 1. The second-order valence-corrected chi connectivity index (χ2v) is 5.63. The monoisotopic (exact) mass is 249 g/mol. The predicted octanol–water partition coefficient (Wildman–Crippen LogP) is 2.08. The molecule has 1 aliphatic heterocycles. The molecule has 0 spiro atoms. The maximum Gasteiger partial charge on any atom is 0.119 e. The minimum absolute atomic E-state index is 0.326. The van der Waals surface area contributed by atoms with Gasteiger partial charge in [-0.3, -0.25) is 4.90 Å². The van der Waals surface area contributed by atoms with Crippen molar-refractivity contribution in [3.05, 3.63) is 29.8 Å². The van der Waals surface area contributed by atoms with Gasteiger partial charge in [0.25, 0.3) is 0 Å². The van der Waals surface area contributed by atoms with E-state index in [2.05, 4.69) is 37.8 Å². The molecular formula is C15H23NO2. The fourth-order valence-electron chi connectivity index (χ4n) is 2.18. The van der Waals surface area contributed by atoms with Gasteiger partial charge in [-0.2, -0.15) is 0 Å². The van der Waals surface area contributed by atoms with E-state index in [-0.39, 0.29) is 0 Å². The van der Waals surface area contributed by atoms with Crippen LogP contribution in [0.3, 0.4) is 0 Å². The van der Waals surface area contributed by atoms with Gasteiger partial charge in [0, 0.05) is 19.6 Å². The van der Waals surface area contributed by atoms with Crippen molar-refractivity contribution in [1.82, 2.24) is 4.90 Å². The zero-order valence-electron chi connectivity index (χ0n) is 11.5. The van der Waals surface area contributed by atoms with Gasteiger partial charge in [-0.15, -0.1) is 0 Å². The summed E-state index contributed by atoms with van der Waals surface area (Å²) >= 11 is 0. The number of β-amino-alcohol motifs (C(OH)–C–C–N with tert-alkyl or cyclic N) is 1. The highest BCUT2D eigenvalue weighted by molar-refractivity contribution is 5.26. The first kappa shape index (κ1) is 13.4. The van der Waals surface area contributed by atoms with E-state index < -0.39 is 5.60 Å². The molecular weight excluding hydrogens is 226 g/mol. The third kappa shape index (κ3) is 3.03. The molecule has 0 saturated carbocycles. The molecule has 0 amide bonds. The third-order valence-electron chi connectivity index (χ3n) is 3.77. The summed E-state index contributed by atoms with van der Waals surface area (Å²) in [5.74, 6) is 1.24. The van der Waals surface area contributed by atoms with Gasteiger partial charge in [0.05, 0.1) is 5.60 Å². The average molecular weight is 249 g/mol. The van der Waals surface area contributed by atoms with Crippen LogP contribution in [0.1, 0.15) is 19.4 Å². The topological polar surface area (TPSA) is 32.7 Å². The average Bonchev–Trinajstić information content (AvgIpc) is 2.29. The van der Waals surface area contributed by atoms with Crippen molar-refractivity contribution in [2.75, 3.05) is 26.2 Å². The van der Waals surface area contributed by atoms with E-state index in [1.54, 1.807) is 0 Å². The van der Waals surface area contributed by atoms with Gasteiger partial charge in [-0.1, -0.05) is 31.5 Å². The Balaban J connectivity index is 1.67. The molecule has 100 valence electrons. The zero-order chi connectivity index (χ0) is 13.2. The minimum atomic E-state index is -0.482. The maximum absolute atomic E-state index is 10.1. The maximum atomic E-state index is 10.1. The van der Waals surface area contributed by atoms with Gasteiger partial charge >= 0.3 is 0 Å². The van der Waals surface area contributed by atoms with Crippen LogP contribution in [0.4, 0.5) is 0 Å². The Morgan fingerprint density at radius 1 is 1.28 bits per heavy atom. The van der Waals surface area contributed by atoms with Crippen LogP contribution in [-0.4, -0.2) is 41.8 Å². The second kappa shape index (κ2) is 5.29. The smallest absolute Gasteiger partial charge is 0.119 e. The summed E-state index contributed by atoms with van der Waals surface area (Å²) in [4.78, 5) is 2.23. The number of ether oxygens (including phenoxy) is 1. The Morgan fingerprint density at radius 3 is 2.44 bits per heavy atom. The summed E-state index contributed by atoms with van der Waals surface area (Å²) in [5.41, 5.74) is 0.760. The number of hydrogen-bond acceptors (Lipinski definition) is 3. The predicted molar refractivity (Wildman–Crippen MR) is 72.9 cm³/mol. The molecule has 1 fully saturated rings. The van der Waals surface area contributed by atoms with Gasteiger partial charge in [0.2, 0.25) is 0 Å². The molecule has 0 unspecified atom stereocenters. The molecule has 1 aromatic rings. The van der Waals surface area contributed by atoms with E-state index >= 15 is 0 Å². The van der Waals surface area contributed by atoms with E-state index in [9.17, 15) is 5.11 Å². The van der Waals surface area contributed by atoms with Gasteiger partial charge in [0.1, 0.15) is 12.4 Å². The SMILES string of the molecule is Cc1ccc(OCCN2CC(O)(C(C)C)C2)cc1. The molecule has 3 heteroatoms. The van der Waals surface area contributed by atoms with E-state index in [1.165, 1.54) is 5.56 Å². The Kier molecular flexibility index (Phi) is 3.93. The second-order valence-electron chi connectivity index (χ2n) is 5.63. The molecule has 1 aromatic carbocycles. The molecule has 0 atom stereocenters. The highest BCUT2D eigenvalue weighted by Crippen LogP contribution is 2.28. The fourth-order valence-corrected chi connectivity index (χ4v) is 2.18. The molecule has 2 rings (SSSR count). The van der Waals surface area contributed by atoms with Crippen molar-refractivity contribution in [1.29, 1.82) is 0 Å². The number of rotatable bonds is 5. The number of likely N-dealkylation sites (tertiary alicyclic amines) is 1. The summed E-state index contributed by atoms with van der Waals surface area (Å²) in [6.07, 6.45) is 0. The molecule has 1 aliphatic rings. The number of nitrogens with zero attached hydrogens (tertiary/aromatic N) is 1. The van der Waals surface area contributed by atoms with Crippen LogP contribution < -0.4 is 4.74 Å². The number of benzene rings is 1. The zero-order valence-corrected chi connectivity index (χ0v) is 11.5. The normalized spacial score (nSPS) is 18.7. The van der Waals surface area contributed by atoms with Crippen LogP contribution in [0, 0.1) is 12.8 Å². The fraction of sp³-hybridized carbons (Fsp3) is 0.600. The summed E-state index contributed by atoms with van der Waals surface area (Å²) in [5, 5.41) is 10.1.